The number of amides is 1. The van der Waals surface area contributed by atoms with Gasteiger partial charge < -0.3 is 40.3 Å². The summed E-state index contributed by atoms with van der Waals surface area (Å²) in [5.74, 6) is -0.187. The molecule has 1 aliphatic rings. The van der Waals surface area contributed by atoms with Crippen LogP contribution in [0.25, 0.3) is 0 Å². The second-order valence-corrected chi connectivity index (χ2v) is 18.7. The van der Waals surface area contributed by atoms with E-state index >= 15 is 0 Å². The first-order valence-corrected chi connectivity index (χ1v) is 26.6. The molecule has 0 radical (unpaired) electrons. The topological polar surface area (TPSA) is 149 Å². The first-order chi connectivity index (χ1) is 30.3. The van der Waals surface area contributed by atoms with Crippen LogP contribution in [0.2, 0.25) is 0 Å². The van der Waals surface area contributed by atoms with Crippen molar-refractivity contribution in [2.24, 2.45) is 0 Å². The lowest BCUT2D eigenvalue weighted by molar-refractivity contribution is -0.302. The van der Waals surface area contributed by atoms with E-state index in [1.165, 1.54) is 167 Å². The molecule has 0 bridgehead atoms. The van der Waals surface area contributed by atoms with Gasteiger partial charge >= 0.3 is 0 Å². The van der Waals surface area contributed by atoms with Gasteiger partial charge in [-0.1, -0.05) is 231 Å². The summed E-state index contributed by atoms with van der Waals surface area (Å²) in [6.07, 6.45) is 46.9. The molecule has 366 valence electrons. The Morgan fingerprint density at radius 2 is 0.935 bits per heavy atom. The Morgan fingerprint density at radius 1 is 0.532 bits per heavy atom. The van der Waals surface area contributed by atoms with Crippen LogP contribution in [0, 0.1) is 0 Å². The van der Waals surface area contributed by atoms with E-state index in [4.69, 9.17) is 9.47 Å². The Labute approximate surface area is 381 Å². The fourth-order valence-corrected chi connectivity index (χ4v) is 8.51. The van der Waals surface area contributed by atoms with E-state index in [9.17, 15) is 30.3 Å². The summed E-state index contributed by atoms with van der Waals surface area (Å²) in [4.78, 5) is 12.9. The van der Waals surface area contributed by atoms with Crippen LogP contribution in [0.4, 0.5) is 0 Å². The maximum absolute atomic E-state index is 12.9. The molecule has 1 fully saturated rings. The Hall–Kier alpha value is -1.33. The monoisotopic (exact) mass is 880 g/mol. The van der Waals surface area contributed by atoms with Gasteiger partial charge in [0.15, 0.2) is 6.29 Å². The third-order valence-corrected chi connectivity index (χ3v) is 12.8. The summed E-state index contributed by atoms with van der Waals surface area (Å²) < 4.78 is 11.2. The molecule has 0 aromatic carbocycles. The van der Waals surface area contributed by atoms with Crippen molar-refractivity contribution < 1.29 is 39.8 Å². The number of carbonyl (C=O) groups is 1. The lowest BCUT2D eigenvalue weighted by atomic mass is 9.99. The second-order valence-electron chi connectivity index (χ2n) is 18.7. The summed E-state index contributed by atoms with van der Waals surface area (Å²) in [5, 5.41) is 54.2. The molecule has 0 saturated carbocycles. The Bertz CT molecular complexity index is 1020. The van der Waals surface area contributed by atoms with Crippen LogP contribution in [0.5, 0.6) is 0 Å². The summed E-state index contributed by atoms with van der Waals surface area (Å²) in [6.45, 7) is 3.72. The van der Waals surface area contributed by atoms with Crippen molar-refractivity contribution in [1.82, 2.24) is 5.32 Å². The molecule has 7 unspecified atom stereocenters. The minimum atomic E-state index is -1.57. The predicted molar refractivity (Wildman–Crippen MR) is 258 cm³/mol. The molecule has 62 heavy (non-hydrogen) atoms. The highest BCUT2D eigenvalue weighted by molar-refractivity contribution is 5.76. The third-order valence-electron chi connectivity index (χ3n) is 12.8. The average molecular weight is 880 g/mol. The number of rotatable bonds is 45. The summed E-state index contributed by atoms with van der Waals surface area (Å²) >= 11 is 0. The maximum Gasteiger partial charge on any atom is 0.220 e. The molecular formula is C53H101NO8. The first-order valence-electron chi connectivity index (χ1n) is 26.6. The van der Waals surface area contributed by atoms with Crippen LogP contribution >= 0.6 is 0 Å². The zero-order chi connectivity index (χ0) is 45.1. The fraction of sp³-hybridized carbons (Fsp3) is 0.906. The molecule has 1 heterocycles. The minimum absolute atomic E-state index is 0.187. The molecule has 7 atom stereocenters. The van der Waals surface area contributed by atoms with Gasteiger partial charge in [-0.2, -0.15) is 0 Å². The smallest absolute Gasteiger partial charge is 0.220 e. The van der Waals surface area contributed by atoms with Gasteiger partial charge in [0.05, 0.1) is 25.4 Å². The van der Waals surface area contributed by atoms with E-state index in [-0.39, 0.29) is 12.5 Å². The third kappa shape index (κ3) is 33.2. The summed E-state index contributed by atoms with van der Waals surface area (Å²) in [7, 11) is 0. The van der Waals surface area contributed by atoms with Gasteiger partial charge in [-0.25, -0.2) is 0 Å². The van der Waals surface area contributed by atoms with Gasteiger partial charge in [-0.15, -0.1) is 0 Å². The highest BCUT2D eigenvalue weighted by Gasteiger charge is 2.44. The number of aliphatic hydroxyl groups excluding tert-OH is 5. The molecule has 0 spiro atoms. The first kappa shape index (κ1) is 58.7. The number of carbonyl (C=O) groups excluding carboxylic acids is 1. The van der Waals surface area contributed by atoms with Gasteiger partial charge in [0.25, 0.3) is 0 Å². The lowest BCUT2D eigenvalue weighted by Crippen LogP contribution is -2.60. The molecule has 0 aromatic heterocycles. The normalized spacial score (nSPS) is 20.4. The van der Waals surface area contributed by atoms with Crippen LogP contribution in [0.3, 0.4) is 0 Å². The minimum Gasteiger partial charge on any atom is -0.394 e. The van der Waals surface area contributed by atoms with Crippen molar-refractivity contribution >= 4 is 5.91 Å². The van der Waals surface area contributed by atoms with Crippen molar-refractivity contribution in [2.45, 2.75) is 294 Å². The molecule has 0 aliphatic carbocycles. The molecule has 6 N–H and O–H groups in total. The number of ether oxygens (including phenoxy) is 2. The van der Waals surface area contributed by atoms with Gasteiger partial charge in [0.2, 0.25) is 5.91 Å². The Kier molecular flexibility index (Phi) is 41.2. The highest BCUT2D eigenvalue weighted by atomic mass is 16.7. The zero-order valence-electron chi connectivity index (χ0n) is 40.4. The van der Waals surface area contributed by atoms with Crippen molar-refractivity contribution in [3.05, 3.63) is 24.3 Å². The van der Waals surface area contributed by atoms with Crippen LogP contribution in [0.1, 0.15) is 251 Å². The van der Waals surface area contributed by atoms with Crippen LogP contribution in [-0.2, 0) is 14.3 Å². The van der Waals surface area contributed by atoms with Crippen LogP contribution in [0.15, 0.2) is 24.3 Å². The van der Waals surface area contributed by atoms with Crippen molar-refractivity contribution in [2.75, 3.05) is 13.2 Å². The fourth-order valence-electron chi connectivity index (χ4n) is 8.51. The van der Waals surface area contributed by atoms with E-state index in [1.807, 2.05) is 6.08 Å². The van der Waals surface area contributed by atoms with E-state index < -0.39 is 49.5 Å². The Morgan fingerprint density at radius 3 is 1.37 bits per heavy atom. The lowest BCUT2D eigenvalue weighted by Gasteiger charge is -2.40. The summed E-state index contributed by atoms with van der Waals surface area (Å²) in [6, 6.07) is -0.806. The molecule has 9 nitrogen and oxygen atoms in total. The van der Waals surface area contributed by atoms with E-state index in [0.717, 1.165) is 64.2 Å². The number of allylic oxidation sites excluding steroid dienone is 3. The number of hydrogen-bond acceptors (Lipinski definition) is 8. The average Bonchev–Trinajstić information content (AvgIpc) is 3.27. The molecule has 9 heteroatoms. The van der Waals surface area contributed by atoms with E-state index in [0.29, 0.717) is 6.42 Å². The standard InChI is InChI=1S/C53H101NO8/c1-3-5-7-9-11-13-15-16-17-18-19-20-21-22-23-24-25-26-27-28-29-30-31-32-33-34-36-38-40-42-47(56)46(45-61-53-52(60)51(59)50(58)48(44-55)62-53)54-49(57)43-41-39-37-35-14-12-10-8-6-4-2/h8,10,40,42,46-48,50-53,55-56,58-60H,3-7,9,11-39,41,43-45H2,1-2H3,(H,54,57)/b10-8-,42-40+. The van der Waals surface area contributed by atoms with Crippen molar-refractivity contribution in [3.8, 4) is 0 Å². The molecule has 0 aromatic rings. The van der Waals surface area contributed by atoms with Gasteiger partial charge in [0, 0.05) is 6.42 Å². The molecule has 1 rings (SSSR count). The van der Waals surface area contributed by atoms with Crippen molar-refractivity contribution in [1.29, 1.82) is 0 Å². The quantitative estimate of drug-likeness (QED) is 0.0262. The van der Waals surface area contributed by atoms with E-state index in [2.05, 4.69) is 31.3 Å². The number of unbranched alkanes of at least 4 members (excludes halogenated alkanes) is 33. The second kappa shape index (κ2) is 43.6. The molecule has 1 amide bonds. The van der Waals surface area contributed by atoms with Gasteiger partial charge in [-0.05, 0) is 38.5 Å². The SMILES string of the molecule is CCC/C=C\CCCCCCCC(=O)NC(COC1OC(CO)C(O)C(O)C1O)C(O)/C=C/CCCCCCCCCCCCCCCCCCCCCCCCCCCCC. The predicted octanol–water partition coefficient (Wildman–Crippen LogP) is 12.2. The number of hydrogen-bond donors (Lipinski definition) is 6. The zero-order valence-corrected chi connectivity index (χ0v) is 40.4. The Balaban J connectivity index is 2.16. The summed E-state index contributed by atoms with van der Waals surface area (Å²) in [5.41, 5.74) is 0. The van der Waals surface area contributed by atoms with Crippen LogP contribution in [-0.4, -0.2) is 87.5 Å². The van der Waals surface area contributed by atoms with Gasteiger partial charge in [0.1, 0.15) is 24.4 Å². The molecular weight excluding hydrogens is 779 g/mol. The molecule has 1 aliphatic heterocycles. The number of aliphatic hydroxyl groups is 5. The van der Waals surface area contributed by atoms with Crippen molar-refractivity contribution in [3.63, 3.8) is 0 Å². The van der Waals surface area contributed by atoms with Gasteiger partial charge in [-0.3, -0.25) is 4.79 Å². The molecule has 1 saturated heterocycles. The highest BCUT2D eigenvalue weighted by Crippen LogP contribution is 2.23. The largest absolute Gasteiger partial charge is 0.394 e. The maximum atomic E-state index is 12.9. The number of nitrogens with one attached hydrogen (secondary N) is 1. The van der Waals surface area contributed by atoms with Crippen LogP contribution < -0.4 is 5.32 Å². The van der Waals surface area contributed by atoms with E-state index in [1.54, 1.807) is 6.08 Å².